The summed E-state index contributed by atoms with van der Waals surface area (Å²) in [6, 6.07) is 11.8. The van der Waals surface area contributed by atoms with E-state index in [1.54, 1.807) is 30.3 Å². The Kier molecular flexibility index (Phi) is 7.97. The first-order valence-corrected chi connectivity index (χ1v) is 12.2. The van der Waals surface area contributed by atoms with Crippen LogP contribution in [0.25, 0.3) is 5.69 Å². The summed E-state index contributed by atoms with van der Waals surface area (Å²) in [5, 5.41) is 15.0. The van der Waals surface area contributed by atoms with E-state index in [4.69, 9.17) is 11.6 Å². The lowest BCUT2D eigenvalue weighted by Gasteiger charge is -2.18. The van der Waals surface area contributed by atoms with Crippen molar-refractivity contribution in [1.82, 2.24) is 14.8 Å². The number of amides is 2. The normalized spacial score (nSPS) is 17.9. The number of likely N-dealkylation sites (tertiary alicyclic amines) is 1. The predicted octanol–water partition coefficient (Wildman–Crippen LogP) is 2.74. The lowest BCUT2D eigenvalue weighted by Crippen LogP contribution is -2.41. The summed E-state index contributed by atoms with van der Waals surface area (Å²) in [5.74, 6) is -1.35. The van der Waals surface area contributed by atoms with Crippen LogP contribution in [0.3, 0.4) is 0 Å². The second kappa shape index (κ2) is 11.1. The minimum Gasteiger partial charge on any atom is -0.396 e. The Morgan fingerprint density at radius 2 is 2.00 bits per heavy atom. The zero-order valence-corrected chi connectivity index (χ0v) is 20.2. The molecule has 0 radical (unpaired) electrons. The molecule has 3 aromatic rings. The van der Waals surface area contributed by atoms with Gasteiger partial charge in [0, 0.05) is 44.1 Å². The maximum atomic E-state index is 14.6. The molecule has 0 unspecified atom stereocenters. The Morgan fingerprint density at radius 1 is 1.17 bits per heavy atom. The van der Waals surface area contributed by atoms with Crippen LogP contribution < -0.4 is 16.2 Å². The van der Waals surface area contributed by atoms with Gasteiger partial charge >= 0.3 is 0 Å². The van der Waals surface area contributed by atoms with Gasteiger partial charge in [0.05, 0.1) is 27.1 Å². The van der Waals surface area contributed by atoms with Crippen LogP contribution in [0.1, 0.15) is 16.1 Å². The summed E-state index contributed by atoms with van der Waals surface area (Å²) in [7, 11) is 0. The number of rotatable bonds is 8. The van der Waals surface area contributed by atoms with Crippen molar-refractivity contribution >= 4 is 40.4 Å². The predicted molar refractivity (Wildman–Crippen MR) is 133 cm³/mol. The zero-order chi connectivity index (χ0) is 24.9. The highest BCUT2D eigenvalue weighted by atomic mass is 35.5. The first-order chi connectivity index (χ1) is 16.8. The number of nitrogens with zero attached hydrogens (tertiary/aromatic N) is 2. The smallest absolute Gasteiger partial charge is 0.261 e. The number of halogens is 2. The third-order valence-corrected chi connectivity index (χ3v) is 7.05. The minimum atomic E-state index is -0.661. The van der Waals surface area contributed by atoms with E-state index in [9.17, 15) is 23.9 Å². The van der Waals surface area contributed by atoms with Gasteiger partial charge in [0.15, 0.2) is 0 Å². The topological polar surface area (TPSA) is 104 Å². The molecule has 4 rings (SSSR count). The number of hydrogen-bond acceptors (Lipinski definition) is 6. The van der Waals surface area contributed by atoms with E-state index in [1.807, 2.05) is 4.90 Å². The Bertz CT molecular complexity index is 1280. The van der Waals surface area contributed by atoms with Crippen molar-refractivity contribution in [1.29, 1.82) is 0 Å². The van der Waals surface area contributed by atoms with Gasteiger partial charge in [-0.3, -0.25) is 23.9 Å². The van der Waals surface area contributed by atoms with E-state index in [0.29, 0.717) is 34.4 Å². The fourth-order valence-corrected chi connectivity index (χ4v) is 5.12. The number of aliphatic hydroxyl groups is 1. The second-order valence-electron chi connectivity index (χ2n) is 8.27. The molecule has 11 heteroatoms. The van der Waals surface area contributed by atoms with Crippen LogP contribution >= 0.6 is 22.9 Å². The Morgan fingerprint density at radius 3 is 2.69 bits per heavy atom. The van der Waals surface area contributed by atoms with Crippen molar-refractivity contribution in [2.24, 2.45) is 5.92 Å². The molecule has 1 aliphatic heterocycles. The van der Waals surface area contributed by atoms with E-state index in [0.717, 1.165) is 0 Å². The van der Waals surface area contributed by atoms with Crippen molar-refractivity contribution in [2.75, 3.05) is 31.6 Å². The lowest BCUT2D eigenvalue weighted by molar-refractivity contribution is -0.117. The SMILES string of the molecule is O=C(CN1C[C@H](CCO)[C@@H](NC(=O)c2ccc(Cl)s2)C1)Nc1ccc(-n2ccccc2=O)cc1F. The number of benzene rings is 1. The van der Waals surface area contributed by atoms with Crippen LogP contribution in [0, 0.1) is 11.7 Å². The van der Waals surface area contributed by atoms with Gasteiger partial charge in [0.1, 0.15) is 5.82 Å². The monoisotopic (exact) mass is 518 g/mol. The van der Waals surface area contributed by atoms with Gasteiger partial charge in [0.2, 0.25) is 5.91 Å². The molecule has 1 saturated heterocycles. The van der Waals surface area contributed by atoms with Gasteiger partial charge in [-0.15, -0.1) is 11.3 Å². The number of anilines is 1. The molecule has 1 aliphatic rings. The molecule has 1 aromatic carbocycles. The third-order valence-electron chi connectivity index (χ3n) is 5.82. The summed E-state index contributed by atoms with van der Waals surface area (Å²) in [6.45, 7) is 0.881. The number of nitrogens with one attached hydrogen (secondary N) is 2. The molecule has 2 aromatic heterocycles. The molecule has 35 heavy (non-hydrogen) atoms. The Labute approximate surface area is 210 Å². The molecular weight excluding hydrogens is 495 g/mol. The molecule has 0 bridgehead atoms. The van der Waals surface area contributed by atoms with Crippen molar-refractivity contribution in [2.45, 2.75) is 12.5 Å². The van der Waals surface area contributed by atoms with Crippen LogP contribution in [0.4, 0.5) is 10.1 Å². The molecule has 3 heterocycles. The van der Waals surface area contributed by atoms with Gasteiger partial charge in [-0.25, -0.2) is 4.39 Å². The number of carbonyl (C=O) groups is 2. The highest BCUT2D eigenvalue weighted by molar-refractivity contribution is 7.18. The number of aliphatic hydroxyl groups excluding tert-OH is 1. The van der Waals surface area contributed by atoms with Crippen LogP contribution in [-0.4, -0.2) is 58.7 Å². The summed E-state index contributed by atoms with van der Waals surface area (Å²) in [6.07, 6.45) is 2.01. The molecule has 2 amide bonds. The third kappa shape index (κ3) is 6.15. The van der Waals surface area contributed by atoms with E-state index in [2.05, 4.69) is 10.6 Å². The molecule has 184 valence electrons. The molecule has 8 nitrogen and oxygen atoms in total. The number of hydrogen-bond donors (Lipinski definition) is 3. The van der Waals surface area contributed by atoms with Crippen LogP contribution in [0.2, 0.25) is 4.34 Å². The highest BCUT2D eigenvalue weighted by Gasteiger charge is 2.34. The van der Waals surface area contributed by atoms with Gasteiger partial charge in [-0.05, 0) is 42.7 Å². The maximum absolute atomic E-state index is 14.6. The number of aromatic nitrogens is 1. The van der Waals surface area contributed by atoms with Gasteiger partial charge in [-0.1, -0.05) is 17.7 Å². The van der Waals surface area contributed by atoms with Gasteiger partial charge < -0.3 is 15.7 Å². The fourth-order valence-electron chi connectivity index (χ4n) is 4.18. The van der Waals surface area contributed by atoms with E-state index in [-0.39, 0.29) is 42.3 Å². The second-order valence-corrected chi connectivity index (χ2v) is 9.99. The lowest BCUT2D eigenvalue weighted by atomic mass is 10.0. The zero-order valence-electron chi connectivity index (χ0n) is 18.6. The molecule has 0 saturated carbocycles. The van der Waals surface area contributed by atoms with E-state index in [1.165, 1.54) is 40.3 Å². The van der Waals surface area contributed by atoms with E-state index >= 15 is 0 Å². The molecule has 3 N–H and O–H groups in total. The van der Waals surface area contributed by atoms with E-state index < -0.39 is 11.7 Å². The van der Waals surface area contributed by atoms with Crippen LogP contribution in [0.15, 0.2) is 59.5 Å². The molecular formula is C24H24ClFN4O4S. The summed E-state index contributed by atoms with van der Waals surface area (Å²) in [4.78, 5) is 39.5. The fraction of sp³-hybridized carbons (Fsp3) is 0.292. The number of carbonyl (C=O) groups excluding carboxylic acids is 2. The largest absolute Gasteiger partial charge is 0.396 e. The van der Waals surface area contributed by atoms with Crippen molar-refractivity contribution in [3.05, 3.63) is 80.1 Å². The van der Waals surface area contributed by atoms with Crippen molar-refractivity contribution in [3.8, 4) is 5.69 Å². The summed E-state index contributed by atoms with van der Waals surface area (Å²) < 4.78 is 16.5. The minimum absolute atomic E-state index is 0.00152. The molecule has 0 spiro atoms. The van der Waals surface area contributed by atoms with Gasteiger partial charge in [-0.2, -0.15) is 0 Å². The highest BCUT2D eigenvalue weighted by Crippen LogP contribution is 2.24. The standard InChI is InChI=1S/C24H24ClFN4O4S/c25-21-7-6-20(35-21)24(34)28-19-13-29(12-15(19)8-10-31)14-22(32)27-18-5-4-16(11-17(18)26)30-9-2-1-3-23(30)33/h1-7,9,11,15,19,31H,8,10,12-14H2,(H,27,32)(H,28,34)/t15-,19-/m0/s1. The average Bonchev–Trinajstić information content (AvgIpc) is 3.41. The first-order valence-electron chi connectivity index (χ1n) is 11.0. The number of thiophene rings is 1. The summed E-state index contributed by atoms with van der Waals surface area (Å²) >= 11 is 7.10. The summed E-state index contributed by atoms with van der Waals surface area (Å²) in [5.41, 5.74) is 0.0651. The van der Waals surface area contributed by atoms with Crippen molar-refractivity contribution < 1.29 is 19.1 Å². The first kappa shape index (κ1) is 25.1. The van der Waals surface area contributed by atoms with Gasteiger partial charge in [0.25, 0.3) is 11.5 Å². The maximum Gasteiger partial charge on any atom is 0.261 e. The number of pyridine rings is 1. The Hall–Kier alpha value is -3.05. The van der Waals surface area contributed by atoms with Crippen molar-refractivity contribution in [3.63, 3.8) is 0 Å². The van der Waals surface area contributed by atoms with Crippen LogP contribution in [-0.2, 0) is 4.79 Å². The quantitative estimate of drug-likeness (QED) is 0.425. The Balaban J connectivity index is 1.37. The average molecular weight is 519 g/mol. The molecule has 2 atom stereocenters. The molecule has 1 fully saturated rings. The van der Waals surface area contributed by atoms with Crippen LogP contribution in [0.5, 0.6) is 0 Å². The molecule has 0 aliphatic carbocycles.